The number of aliphatic hydroxyl groups is 2. The molecule has 0 saturated carbocycles. The molecule has 1 amide bonds. The first-order valence-corrected chi connectivity index (χ1v) is 7.76. The van der Waals surface area contributed by atoms with Crippen LogP contribution in [0.2, 0.25) is 0 Å². The Hall–Kier alpha value is -1.36. The fourth-order valence-corrected chi connectivity index (χ4v) is 2.58. The Morgan fingerprint density at radius 2 is 2.10 bits per heavy atom. The number of aromatic nitrogens is 3. The largest absolute Gasteiger partial charge is 0.388 e. The predicted octanol–water partition coefficient (Wildman–Crippen LogP) is -2.44. The van der Waals surface area contributed by atoms with Gasteiger partial charge in [-0.15, -0.1) is 5.10 Å². The first-order chi connectivity index (χ1) is 9.69. The number of aliphatic hydroxyl groups excluding tert-OH is 2. The normalized spacial score (nSPS) is 29.7. The zero-order valence-electron chi connectivity index (χ0n) is 10.7. The van der Waals surface area contributed by atoms with Crippen molar-refractivity contribution in [2.24, 2.45) is 5.73 Å². The molecule has 0 radical (unpaired) electrons. The summed E-state index contributed by atoms with van der Waals surface area (Å²) in [6, 6.07) is 0. The Labute approximate surface area is 118 Å². The van der Waals surface area contributed by atoms with Crippen LogP contribution in [-0.2, 0) is 9.30 Å². The molecule has 11 nitrogen and oxygen atoms in total. The molecule has 6 N–H and O–H groups in total. The first-order valence-electron chi connectivity index (χ1n) is 5.96. The zero-order valence-corrected chi connectivity index (χ0v) is 11.6. The summed E-state index contributed by atoms with van der Waals surface area (Å²) in [5.41, 5.74) is 4.99. The van der Waals surface area contributed by atoms with Crippen molar-refractivity contribution >= 4 is 13.5 Å². The molecule has 118 valence electrons. The molecule has 1 aliphatic heterocycles. The number of hydrogen-bond donors (Lipinski definition) is 5. The summed E-state index contributed by atoms with van der Waals surface area (Å²) >= 11 is 0. The standard InChI is InChI=1S/C9H15N4O7P/c10-7(16)8-11-3-13(12-8)9-6(15)5(14)4(20-9)1-2-21(17,18)19/h3-6,9,14-15H,1-2H2,(H2,10,16)(H2,17,18,19)/t4-,5-,6-,9?/m1/s1. The summed E-state index contributed by atoms with van der Waals surface area (Å²) in [6.07, 6.45) is -4.35. The van der Waals surface area contributed by atoms with Crippen LogP contribution in [0.25, 0.3) is 0 Å². The Morgan fingerprint density at radius 3 is 2.62 bits per heavy atom. The van der Waals surface area contributed by atoms with Gasteiger partial charge < -0.3 is 30.5 Å². The molecule has 1 fully saturated rings. The minimum atomic E-state index is -4.23. The van der Waals surface area contributed by atoms with E-state index < -0.39 is 44.2 Å². The molecule has 12 heteroatoms. The number of carbonyl (C=O) groups is 1. The molecule has 1 aromatic rings. The first kappa shape index (κ1) is 16.0. The van der Waals surface area contributed by atoms with Crippen molar-refractivity contribution in [2.45, 2.75) is 31.0 Å². The van der Waals surface area contributed by atoms with Gasteiger partial charge in [-0.1, -0.05) is 0 Å². The molecule has 1 aliphatic rings. The maximum absolute atomic E-state index is 10.9. The van der Waals surface area contributed by atoms with Crippen LogP contribution in [0.1, 0.15) is 23.3 Å². The lowest BCUT2D eigenvalue weighted by Gasteiger charge is -2.14. The highest BCUT2D eigenvalue weighted by molar-refractivity contribution is 7.51. The molecule has 4 atom stereocenters. The van der Waals surface area contributed by atoms with Gasteiger partial charge in [-0.25, -0.2) is 9.67 Å². The van der Waals surface area contributed by atoms with Gasteiger partial charge >= 0.3 is 7.60 Å². The van der Waals surface area contributed by atoms with Crippen LogP contribution in [0, 0.1) is 0 Å². The van der Waals surface area contributed by atoms with Gasteiger partial charge in [0.2, 0.25) is 5.82 Å². The number of ether oxygens (including phenoxy) is 1. The van der Waals surface area contributed by atoms with Crippen molar-refractivity contribution in [2.75, 3.05) is 6.16 Å². The van der Waals surface area contributed by atoms with E-state index in [1.54, 1.807) is 0 Å². The molecule has 0 aromatic carbocycles. The molecule has 1 saturated heterocycles. The third-order valence-electron chi connectivity index (χ3n) is 3.03. The molecule has 1 aromatic heterocycles. The Balaban J connectivity index is 2.08. The van der Waals surface area contributed by atoms with Crippen molar-refractivity contribution in [3.05, 3.63) is 12.2 Å². The highest BCUT2D eigenvalue weighted by Crippen LogP contribution is 2.38. The van der Waals surface area contributed by atoms with Crippen molar-refractivity contribution < 1.29 is 34.1 Å². The molecular formula is C9H15N4O7P. The molecule has 0 bridgehead atoms. The Kier molecular flexibility index (Phi) is 4.42. The fraction of sp³-hybridized carbons (Fsp3) is 0.667. The second-order valence-corrected chi connectivity index (χ2v) is 6.41. The van der Waals surface area contributed by atoms with Crippen LogP contribution in [0.3, 0.4) is 0 Å². The number of primary amides is 1. The van der Waals surface area contributed by atoms with Gasteiger partial charge in [0.1, 0.15) is 18.5 Å². The lowest BCUT2D eigenvalue weighted by atomic mass is 10.1. The highest BCUT2D eigenvalue weighted by Gasteiger charge is 2.44. The van der Waals surface area contributed by atoms with Crippen LogP contribution in [-0.4, -0.2) is 65.1 Å². The summed E-state index contributed by atoms with van der Waals surface area (Å²) < 4.78 is 17.2. The van der Waals surface area contributed by atoms with Gasteiger partial charge in [0, 0.05) is 0 Å². The minimum absolute atomic E-state index is 0.142. The fourth-order valence-electron chi connectivity index (χ4n) is 1.99. The van der Waals surface area contributed by atoms with Crippen LogP contribution < -0.4 is 5.73 Å². The number of carbonyl (C=O) groups excluding carboxylic acids is 1. The van der Waals surface area contributed by atoms with Crippen molar-refractivity contribution in [1.82, 2.24) is 14.8 Å². The Bertz CT molecular complexity index is 572. The monoisotopic (exact) mass is 322 g/mol. The molecule has 0 aliphatic carbocycles. The van der Waals surface area contributed by atoms with Crippen LogP contribution >= 0.6 is 7.60 Å². The van der Waals surface area contributed by atoms with Crippen molar-refractivity contribution in [3.63, 3.8) is 0 Å². The zero-order chi connectivity index (χ0) is 15.8. The quantitative estimate of drug-likeness (QED) is 0.368. The number of rotatable bonds is 5. The molecule has 1 unspecified atom stereocenters. The average molecular weight is 322 g/mol. The summed E-state index contributed by atoms with van der Waals surface area (Å²) in [4.78, 5) is 32.1. The second-order valence-electron chi connectivity index (χ2n) is 4.64. The van der Waals surface area contributed by atoms with E-state index in [-0.39, 0.29) is 12.2 Å². The second kappa shape index (κ2) is 5.79. The smallest absolute Gasteiger partial charge is 0.325 e. The van der Waals surface area contributed by atoms with Gasteiger partial charge in [-0.2, -0.15) is 0 Å². The SMILES string of the molecule is NC(=O)c1ncn(C2O[C@H](CCP(=O)(O)O)[C@@H](O)[C@H]2O)n1. The van der Waals surface area contributed by atoms with Gasteiger partial charge in [0.25, 0.3) is 5.91 Å². The van der Waals surface area contributed by atoms with E-state index in [0.717, 1.165) is 11.0 Å². The average Bonchev–Trinajstić information content (AvgIpc) is 2.94. The lowest BCUT2D eigenvalue weighted by molar-refractivity contribution is -0.0452. The van der Waals surface area contributed by atoms with Gasteiger partial charge in [-0.05, 0) is 6.42 Å². The summed E-state index contributed by atoms with van der Waals surface area (Å²) in [5.74, 6) is -1.14. The highest BCUT2D eigenvalue weighted by atomic mass is 31.2. The number of hydrogen-bond acceptors (Lipinski definition) is 7. The lowest BCUT2D eigenvalue weighted by Crippen LogP contribution is -2.32. The van der Waals surface area contributed by atoms with Crippen LogP contribution in [0.15, 0.2) is 6.33 Å². The van der Waals surface area contributed by atoms with E-state index in [4.69, 9.17) is 20.3 Å². The van der Waals surface area contributed by atoms with Gasteiger partial charge in [0.15, 0.2) is 6.23 Å². The third kappa shape index (κ3) is 3.64. The minimum Gasteiger partial charge on any atom is -0.388 e. The maximum atomic E-state index is 10.9. The summed E-state index contributed by atoms with van der Waals surface area (Å²) in [5, 5.41) is 23.4. The van der Waals surface area contributed by atoms with Gasteiger partial charge in [-0.3, -0.25) is 9.36 Å². The number of amides is 1. The molecule has 0 spiro atoms. The summed E-state index contributed by atoms with van der Waals surface area (Å²) in [6.45, 7) is 0. The van der Waals surface area contributed by atoms with Crippen molar-refractivity contribution in [3.8, 4) is 0 Å². The van der Waals surface area contributed by atoms with Crippen LogP contribution in [0.4, 0.5) is 0 Å². The molecule has 21 heavy (non-hydrogen) atoms. The van der Waals surface area contributed by atoms with E-state index in [1.807, 2.05) is 0 Å². The van der Waals surface area contributed by atoms with Crippen LogP contribution in [0.5, 0.6) is 0 Å². The number of nitrogens with two attached hydrogens (primary N) is 1. The van der Waals surface area contributed by atoms with Gasteiger partial charge in [0.05, 0.1) is 12.3 Å². The molecule has 2 heterocycles. The van der Waals surface area contributed by atoms with E-state index in [0.29, 0.717) is 0 Å². The predicted molar refractivity (Wildman–Crippen MR) is 66.0 cm³/mol. The van der Waals surface area contributed by atoms with E-state index in [2.05, 4.69) is 10.1 Å². The molecule has 2 rings (SSSR count). The topological polar surface area (TPSA) is 181 Å². The maximum Gasteiger partial charge on any atom is 0.325 e. The van der Waals surface area contributed by atoms with E-state index in [9.17, 15) is 19.6 Å². The number of nitrogens with zero attached hydrogens (tertiary/aromatic N) is 3. The third-order valence-corrected chi connectivity index (χ3v) is 3.87. The van der Waals surface area contributed by atoms with E-state index >= 15 is 0 Å². The van der Waals surface area contributed by atoms with E-state index in [1.165, 1.54) is 0 Å². The Morgan fingerprint density at radius 1 is 1.43 bits per heavy atom. The summed E-state index contributed by atoms with van der Waals surface area (Å²) in [7, 11) is -4.23. The van der Waals surface area contributed by atoms with Crippen molar-refractivity contribution in [1.29, 1.82) is 0 Å². The molecular weight excluding hydrogens is 307 g/mol.